The van der Waals surface area contributed by atoms with Crippen LogP contribution in [0, 0.1) is 0 Å². The summed E-state index contributed by atoms with van der Waals surface area (Å²) in [4.78, 5) is 30.0. The van der Waals surface area contributed by atoms with Gasteiger partial charge in [0.1, 0.15) is 11.5 Å². The SMILES string of the molecule is CCCc1nc(Cl)c(C(N)=O)n1Cc1c2ccocc-2c(Br)c1-c1ccccc1C(=O)Nc1nnn[nH]1. The summed E-state index contributed by atoms with van der Waals surface area (Å²) in [5.74, 6) is -0.319. The maximum absolute atomic E-state index is 13.2. The number of imidazole rings is 1. The number of hydrogen-bond acceptors (Lipinski definition) is 7. The molecule has 0 saturated carbocycles. The molecular formula is C24H20BrClN8O3. The summed E-state index contributed by atoms with van der Waals surface area (Å²) in [5.41, 5.74) is 10.1. The molecule has 0 spiro atoms. The van der Waals surface area contributed by atoms with Gasteiger partial charge >= 0.3 is 0 Å². The predicted octanol–water partition coefficient (Wildman–Crippen LogP) is 4.53. The molecule has 0 radical (unpaired) electrons. The van der Waals surface area contributed by atoms with Gasteiger partial charge in [0, 0.05) is 27.6 Å². The highest BCUT2D eigenvalue weighted by atomic mass is 79.9. The van der Waals surface area contributed by atoms with Crippen LogP contribution in [-0.2, 0) is 13.0 Å². The second-order valence-electron chi connectivity index (χ2n) is 8.17. The van der Waals surface area contributed by atoms with Crippen LogP contribution in [0.2, 0.25) is 5.15 Å². The van der Waals surface area contributed by atoms with Crippen molar-refractivity contribution in [3.8, 4) is 22.3 Å². The lowest BCUT2D eigenvalue weighted by molar-refractivity contribution is 0.0989. The van der Waals surface area contributed by atoms with Crippen molar-refractivity contribution in [2.24, 2.45) is 5.73 Å². The lowest BCUT2D eigenvalue weighted by Crippen LogP contribution is -2.19. The summed E-state index contributed by atoms with van der Waals surface area (Å²) >= 11 is 10.1. The Hall–Kier alpha value is -4.03. The van der Waals surface area contributed by atoms with E-state index in [1.165, 1.54) is 0 Å². The van der Waals surface area contributed by atoms with Crippen molar-refractivity contribution in [2.75, 3.05) is 5.32 Å². The molecule has 1 aliphatic carbocycles. The van der Waals surface area contributed by atoms with E-state index in [0.717, 1.165) is 33.1 Å². The van der Waals surface area contributed by atoms with Crippen molar-refractivity contribution >= 4 is 45.3 Å². The van der Waals surface area contributed by atoms with Gasteiger partial charge in [-0.1, -0.05) is 41.8 Å². The van der Waals surface area contributed by atoms with E-state index in [0.29, 0.717) is 23.4 Å². The van der Waals surface area contributed by atoms with Crippen LogP contribution in [0.1, 0.15) is 45.6 Å². The Kier molecular flexibility index (Phi) is 6.76. The van der Waals surface area contributed by atoms with Gasteiger partial charge in [-0.15, -0.1) is 0 Å². The van der Waals surface area contributed by atoms with Crippen LogP contribution in [0.3, 0.4) is 0 Å². The topological polar surface area (TPSA) is 158 Å². The maximum Gasteiger partial charge on any atom is 0.268 e. The molecule has 5 rings (SSSR count). The van der Waals surface area contributed by atoms with Gasteiger partial charge in [0.25, 0.3) is 11.8 Å². The van der Waals surface area contributed by atoms with Crippen LogP contribution in [0.15, 0.2) is 51.7 Å². The second-order valence-corrected chi connectivity index (χ2v) is 9.32. The first-order chi connectivity index (χ1) is 17.9. The number of benzene rings is 1. The number of rotatable bonds is 8. The molecule has 3 heterocycles. The summed E-state index contributed by atoms with van der Waals surface area (Å²) < 4.78 is 7.92. The molecule has 0 atom stereocenters. The van der Waals surface area contributed by atoms with E-state index in [1.54, 1.807) is 29.2 Å². The summed E-state index contributed by atoms with van der Waals surface area (Å²) in [6.07, 6.45) is 4.59. The molecule has 11 nitrogen and oxygen atoms in total. The number of amides is 2. The molecule has 188 valence electrons. The monoisotopic (exact) mass is 582 g/mol. The first-order valence-corrected chi connectivity index (χ1v) is 12.4. The normalized spacial score (nSPS) is 11.2. The van der Waals surface area contributed by atoms with Crippen molar-refractivity contribution < 1.29 is 14.0 Å². The third-order valence-electron chi connectivity index (χ3n) is 5.92. The first-order valence-electron chi connectivity index (χ1n) is 11.3. The Balaban J connectivity index is 1.71. The molecule has 1 aliphatic heterocycles. The van der Waals surface area contributed by atoms with Crippen LogP contribution >= 0.6 is 27.5 Å². The fraction of sp³-hybridized carbons (Fsp3) is 0.167. The number of nitrogens with two attached hydrogens (primary N) is 1. The number of fused-ring (bicyclic) bond motifs is 1. The van der Waals surface area contributed by atoms with Gasteiger partial charge < -0.3 is 14.7 Å². The molecule has 0 unspecified atom stereocenters. The minimum atomic E-state index is -0.674. The van der Waals surface area contributed by atoms with E-state index < -0.39 is 11.8 Å². The number of tetrazole rings is 1. The number of aromatic amines is 1. The number of hydrogen-bond donors (Lipinski definition) is 3. The molecule has 0 fully saturated rings. The Labute approximate surface area is 223 Å². The Morgan fingerprint density at radius 3 is 2.76 bits per heavy atom. The highest BCUT2D eigenvalue weighted by Gasteiger charge is 2.29. The van der Waals surface area contributed by atoms with Gasteiger partial charge in [0.05, 0.1) is 19.1 Å². The van der Waals surface area contributed by atoms with Gasteiger partial charge in [-0.05, 0) is 61.6 Å². The van der Waals surface area contributed by atoms with E-state index >= 15 is 0 Å². The Morgan fingerprint density at radius 1 is 1.22 bits per heavy atom. The fourth-order valence-corrected chi connectivity index (χ4v) is 5.43. The maximum atomic E-state index is 13.2. The number of nitrogens with one attached hydrogen (secondary N) is 2. The van der Waals surface area contributed by atoms with E-state index in [2.05, 4.69) is 46.9 Å². The van der Waals surface area contributed by atoms with Gasteiger partial charge in [-0.25, -0.2) is 10.1 Å². The van der Waals surface area contributed by atoms with E-state index in [4.69, 9.17) is 21.8 Å². The molecule has 13 heteroatoms. The number of aromatic nitrogens is 6. The molecule has 2 amide bonds. The predicted molar refractivity (Wildman–Crippen MR) is 139 cm³/mol. The minimum Gasteiger partial charge on any atom is -0.472 e. The molecule has 0 bridgehead atoms. The molecule has 4 N–H and O–H groups in total. The van der Waals surface area contributed by atoms with E-state index in [9.17, 15) is 9.59 Å². The van der Waals surface area contributed by atoms with Crippen molar-refractivity contribution in [2.45, 2.75) is 26.3 Å². The average Bonchev–Trinajstić information content (AvgIpc) is 3.57. The van der Waals surface area contributed by atoms with Crippen LogP contribution in [0.25, 0.3) is 22.3 Å². The zero-order valence-electron chi connectivity index (χ0n) is 19.5. The van der Waals surface area contributed by atoms with Crippen molar-refractivity contribution in [3.05, 3.63) is 75.1 Å². The van der Waals surface area contributed by atoms with Crippen molar-refractivity contribution in [1.82, 2.24) is 30.2 Å². The molecule has 37 heavy (non-hydrogen) atoms. The number of primary amides is 1. The lowest BCUT2D eigenvalue weighted by atomic mass is 9.97. The third-order valence-corrected chi connectivity index (χ3v) is 7.01. The van der Waals surface area contributed by atoms with Crippen molar-refractivity contribution in [1.29, 1.82) is 0 Å². The van der Waals surface area contributed by atoms with Crippen LogP contribution in [-0.4, -0.2) is 42.0 Å². The number of aryl methyl sites for hydroxylation is 1. The van der Waals surface area contributed by atoms with Gasteiger partial charge in [0.2, 0.25) is 5.95 Å². The quantitative estimate of drug-likeness (QED) is 0.242. The molecule has 2 aromatic heterocycles. The Bertz CT molecular complexity index is 1580. The van der Waals surface area contributed by atoms with Crippen molar-refractivity contribution in [3.63, 3.8) is 0 Å². The van der Waals surface area contributed by atoms with Crippen LogP contribution in [0.4, 0.5) is 5.95 Å². The number of carbonyl (C=O) groups excluding carboxylic acids is 2. The molecule has 1 aromatic carbocycles. The number of nitrogens with zero attached hydrogens (tertiary/aromatic N) is 5. The smallest absolute Gasteiger partial charge is 0.268 e. The fourth-order valence-electron chi connectivity index (χ4n) is 4.38. The summed E-state index contributed by atoms with van der Waals surface area (Å²) in [5, 5.41) is 16.0. The van der Waals surface area contributed by atoms with E-state index in [-0.39, 0.29) is 23.3 Å². The average molecular weight is 584 g/mol. The first kappa shape index (κ1) is 24.7. The zero-order chi connectivity index (χ0) is 26.1. The van der Waals surface area contributed by atoms with Crippen LogP contribution < -0.4 is 11.1 Å². The molecule has 2 aliphatic rings. The number of H-pyrrole nitrogens is 1. The number of carbonyl (C=O) groups is 2. The highest BCUT2D eigenvalue weighted by molar-refractivity contribution is 9.10. The summed E-state index contributed by atoms with van der Waals surface area (Å²) in [6.45, 7) is 2.24. The largest absolute Gasteiger partial charge is 0.472 e. The zero-order valence-corrected chi connectivity index (χ0v) is 21.8. The molecule has 0 saturated heterocycles. The van der Waals surface area contributed by atoms with E-state index in [1.807, 2.05) is 25.1 Å². The van der Waals surface area contributed by atoms with Crippen LogP contribution in [0.5, 0.6) is 0 Å². The molecule has 3 aromatic rings. The van der Waals surface area contributed by atoms with Gasteiger partial charge in [-0.3, -0.25) is 14.9 Å². The minimum absolute atomic E-state index is 0.0582. The molecular weight excluding hydrogens is 564 g/mol. The number of halogens is 2. The summed E-state index contributed by atoms with van der Waals surface area (Å²) in [6, 6.07) is 8.99. The second kappa shape index (κ2) is 10.1. The highest BCUT2D eigenvalue weighted by Crippen LogP contribution is 2.47. The lowest BCUT2D eigenvalue weighted by Gasteiger charge is -2.15. The number of anilines is 1. The van der Waals surface area contributed by atoms with Gasteiger partial charge in [-0.2, -0.15) is 0 Å². The van der Waals surface area contributed by atoms with Gasteiger partial charge in [0.15, 0.2) is 5.15 Å². The summed E-state index contributed by atoms with van der Waals surface area (Å²) in [7, 11) is 0. The third kappa shape index (κ3) is 4.49. The standard InChI is InChI=1S/C24H20BrClN8O3/c1-2-5-17-28-21(26)20(22(27)35)34(17)10-15-12-8-9-37-11-16(12)19(25)18(15)13-6-3-4-7-14(13)23(36)29-24-30-32-33-31-24/h3-4,6-9,11H,2,5,10H2,1H3,(H2,27,35)(H2,29,30,31,32,33,36). The Morgan fingerprint density at radius 2 is 2.03 bits per heavy atom.